The predicted octanol–water partition coefficient (Wildman–Crippen LogP) is 4.93. The summed E-state index contributed by atoms with van der Waals surface area (Å²) in [7, 11) is 0. The number of hydrogen-bond acceptors (Lipinski definition) is 8. The van der Waals surface area contributed by atoms with Gasteiger partial charge in [0.05, 0.1) is 18.3 Å². The van der Waals surface area contributed by atoms with E-state index in [0.717, 1.165) is 11.3 Å². The molecule has 226 valence electrons. The third kappa shape index (κ3) is 11.6. The second kappa shape index (κ2) is 16.2. The number of rotatable bonds is 14. The summed E-state index contributed by atoms with van der Waals surface area (Å²) >= 11 is 0. The molecule has 9 heteroatoms. The van der Waals surface area contributed by atoms with E-state index < -0.39 is 36.3 Å². The van der Waals surface area contributed by atoms with Crippen molar-refractivity contribution in [2.24, 2.45) is 17.8 Å². The zero-order chi connectivity index (χ0) is 30.7. The molecule has 0 bridgehead atoms. The van der Waals surface area contributed by atoms with Crippen LogP contribution in [0.3, 0.4) is 0 Å². The predicted molar refractivity (Wildman–Crippen MR) is 157 cm³/mol. The number of esters is 1. The van der Waals surface area contributed by atoms with Gasteiger partial charge in [-0.05, 0) is 55.9 Å². The maximum Gasteiger partial charge on any atom is 0.306 e. The molecule has 0 spiro atoms. The number of aromatic nitrogens is 1. The van der Waals surface area contributed by atoms with Crippen molar-refractivity contribution < 1.29 is 39.2 Å². The number of nitrogens with zero attached hydrogens (tertiary/aromatic N) is 1. The van der Waals surface area contributed by atoms with Gasteiger partial charge >= 0.3 is 11.9 Å². The number of ether oxygens (including phenoxy) is 1. The minimum atomic E-state index is -0.941. The number of carboxylic acids is 1. The minimum absolute atomic E-state index is 0.0587. The van der Waals surface area contributed by atoms with Gasteiger partial charge in [0.2, 0.25) is 0 Å². The molecule has 9 nitrogen and oxygen atoms in total. The van der Waals surface area contributed by atoms with Crippen LogP contribution in [0.25, 0.3) is 6.08 Å². The molecule has 1 aliphatic rings. The average molecular weight is 572 g/mol. The summed E-state index contributed by atoms with van der Waals surface area (Å²) in [6.45, 7) is 10.9. The normalized spacial score (nSPS) is 23.0. The number of aryl methyl sites for hydroxylation is 1. The first-order valence-corrected chi connectivity index (χ1v) is 14.0. The van der Waals surface area contributed by atoms with Crippen LogP contribution in [-0.4, -0.2) is 61.8 Å². The Balaban J connectivity index is 1.89. The van der Waals surface area contributed by atoms with Crippen molar-refractivity contribution >= 4 is 18.0 Å². The third-order valence-corrected chi connectivity index (χ3v) is 7.42. The fourth-order valence-electron chi connectivity index (χ4n) is 4.69. The van der Waals surface area contributed by atoms with Gasteiger partial charge in [-0.15, -0.1) is 0 Å². The van der Waals surface area contributed by atoms with Crippen molar-refractivity contribution in [3.63, 3.8) is 0 Å². The highest BCUT2D eigenvalue weighted by Crippen LogP contribution is 2.29. The van der Waals surface area contributed by atoms with Crippen molar-refractivity contribution in [3.05, 3.63) is 71.0 Å². The molecule has 0 saturated carbocycles. The molecular formula is C32H45NO8. The summed E-state index contributed by atoms with van der Waals surface area (Å²) in [4.78, 5) is 27.2. The first kappa shape index (κ1) is 33.9. The van der Waals surface area contributed by atoms with Gasteiger partial charge in [0.1, 0.15) is 18.1 Å². The lowest BCUT2D eigenvalue weighted by atomic mass is 9.87. The van der Waals surface area contributed by atoms with Gasteiger partial charge < -0.3 is 29.6 Å². The van der Waals surface area contributed by atoms with Crippen molar-refractivity contribution in [1.82, 2.24) is 4.98 Å². The van der Waals surface area contributed by atoms with Gasteiger partial charge in [-0.3, -0.25) is 9.59 Å². The number of hydrogen-bond donors (Lipinski definition) is 4. The van der Waals surface area contributed by atoms with Crippen LogP contribution in [0.15, 0.2) is 63.9 Å². The molecule has 0 amide bonds. The Morgan fingerprint density at radius 2 is 1.80 bits per heavy atom. The van der Waals surface area contributed by atoms with E-state index in [-0.39, 0.29) is 37.1 Å². The number of carbonyl (C=O) groups excluding carboxylic acids is 1. The molecule has 0 radical (unpaired) electrons. The molecule has 0 aliphatic carbocycles. The Morgan fingerprint density at radius 3 is 2.44 bits per heavy atom. The highest BCUT2D eigenvalue weighted by molar-refractivity contribution is 5.73. The molecule has 1 saturated heterocycles. The van der Waals surface area contributed by atoms with Crippen LogP contribution in [0.1, 0.15) is 71.9 Å². The van der Waals surface area contributed by atoms with Crippen molar-refractivity contribution in [2.75, 3.05) is 0 Å². The van der Waals surface area contributed by atoms with E-state index in [1.807, 2.05) is 38.2 Å². The van der Waals surface area contributed by atoms with E-state index in [0.29, 0.717) is 23.5 Å². The maximum atomic E-state index is 11.9. The summed E-state index contributed by atoms with van der Waals surface area (Å²) in [5.41, 5.74) is 3.01. The van der Waals surface area contributed by atoms with Crippen molar-refractivity contribution in [3.8, 4) is 0 Å². The number of oxazole rings is 1. The quantitative estimate of drug-likeness (QED) is 0.180. The third-order valence-electron chi connectivity index (χ3n) is 7.42. The van der Waals surface area contributed by atoms with Gasteiger partial charge in [-0.2, -0.15) is 0 Å². The molecule has 41 heavy (non-hydrogen) atoms. The Labute approximate surface area is 242 Å². The smallest absolute Gasteiger partial charge is 0.306 e. The molecule has 7 unspecified atom stereocenters. The number of cyclic esters (lactones) is 1. The van der Waals surface area contributed by atoms with Crippen LogP contribution >= 0.6 is 0 Å². The highest BCUT2D eigenvalue weighted by Gasteiger charge is 2.32. The van der Waals surface area contributed by atoms with Crippen molar-refractivity contribution in [2.45, 2.75) is 91.6 Å². The Bertz CT molecular complexity index is 1170. The van der Waals surface area contributed by atoms with Gasteiger partial charge in [-0.25, -0.2) is 4.98 Å². The summed E-state index contributed by atoms with van der Waals surface area (Å²) < 4.78 is 10.6. The lowest BCUT2D eigenvalue weighted by Crippen LogP contribution is -2.34. The summed E-state index contributed by atoms with van der Waals surface area (Å²) in [5, 5.41) is 41.1. The largest absolute Gasteiger partial charge is 0.481 e. The molecule has 1 aromatic heterocycles. The molecule has 1 aliphatic heterocycles. The van der Waals surface area contributed by atoms with Crippen LogP contribution in [0.4, 0.5) is 0 Å². The number of aliphatic carboxylic acids is 1. The number of carbonyl (C=O) groups is 2. The fourth-order valence-corrected chi connectivity index (χ4v) is 4.69. The van der Waals surface area contributed by atoms with E-state index in [2.05, 4.69) is 4.98 Å². The Hall–Kier alpha value is -3.27. The topological polar surface area (TPSA) is 150 Å². The van der Waals surface area contributed by atoms with Gasteiger partial charge in [0.15, 0.2) is 5.89 Å². The van der Waals surface area contributed by atoms with E-state index in [1.165, 1.54) is 0 Å². The van der Waals surface area contributed by atoms with Gasteiger partial charge in [0.25, 0.3) is 0 Å². The van der Waals surface area contributed by atoms with Crippen LogP contribution in [0, 0.1) is 24.7 Å². The van der Waals surface area contributed by atoms with Crippen LogP contribution in [-0.2, 0) is 14.3 Å². The van der Waals surface area contributed by atoms with E-state index in [9.17, 15) is 24.9 Å². The van der Waals surface area contributed by atoms with Crippen molar-refractivity contribution in [1.29, 1.82) is 0 Å². The van der Waals surface area contributed by atoms with Crippen LogP contribution in [0.2, 0.25) is 0 Å². The Morgan fingerprint density at radius 1 is 1.12 bits per heavy atom. The molecule has 2 heterocycles. The highest BCUT2D eigenvalue weighted by atomic mass is 16.5. The molecule has 1 fully saturated rings. The molecule has 0 aromatic carbocycles. The zero-order valence-corrected chi connectivity index (χ0v) is 24.9. The first-order valence-electron chi connectivity index (χ1n) is 14.0. The monoisotopic (exact) mass is 571 g/mol. The average Bonchev–Trinajstić information content (AvgIpc) is 3.30. The molecule has 4 N–H and O–H groups in total. The SMILES string of the molecule is CC(C=CC=C(C)C(O)C(C)C(O)CC(O)C(C)=CC=CC(C)C1CC(CC(=O)O)CC(=O)O1)=Cc1coc(C)n1. The molecule has 7 atom stereocenters. The summed E-state index contributed by atoms with van der Waals surface area (Å²) in [6.07, 6.45) is 11.8. The second-order valence-electron chi connectivity index (χ2n) is 11.2. The lowest BCUT2D eigenvalue weighted by molar-refractivity contribution is -0.160. The number of aliphatic hydroxyl groups excluding tert-OH is 3. The lowest BCUT2D eigenvalue weighted by Gasteiger charge is -2.30. The van der Waals surface area contributed by atoms with Crippen LogP contribution < -0.4 is 0 Å². The maximum absolute atomic E-state index is 11.9. The number of aliphatic hydroxyl groups is 3. The second-order valence-corrected chi connectivity index (χ2v) is 11.2. The zero-order valence-electron chi connectivity index (χ0n) is 24.9. The molecular weight excluding hydrogens is 526 g/mol. The summed E-state index contributed by atoms with van der Waals surface area (Å²) in [6, 6.07) is 0. The van der Waals surface area contributed by atoms with Crippen LogP contribution in [0.5, 0.6) is 0 Å². The van der Waals surface area contributed by atoms with E-state index in [1.54, 1.807) is 52.2 Å². The molecule has 1 aromatic rings. The number of allylic oxidation sites excluding steroid dienone is 6. The standard InChI is InChI=1S/C32H45NO8/c1-19(13-26-18-40-24(6)33-26)9-7-12-22(4)32(39)23(5)28(35)17-27(34)20(2)10-8-11-21(3)29-14-25(15-30(36)37)16-31(38)41-29/h7-13,18,21,23,25,27-29,32,34-35,39H,14-17H2,1-6H3,(H,36,37). The summed E-state index contributed by atoms with van der Waals surface area (Å²) in [5.74, 6) is -1.59. The van der Waals surface area contributed by atoms with Gasteiger partial charge in [0, 0.05) is 38.0 Å². The Kier molecular flexibility index (Phi) is 13.4. The van der Waals surface area contributed by atoms with E-state index in [4.69, 9.17) is 14.3 Å². The van der Waals surface area contributed by atoms with E-state index >= 15 is 0 Å². The first-order chi connectivity index (χ1) is 19.3. The fraction of sp³-hybridized carbons (Fsp3) is 0.531. The number of carboxylic acid groups (broad SMARTS) is 1. The van der Waals surface area contributed by atoms with Gasteiger partial charge in [-0.1, -0.05) is 50.3 Å². The molecule has 2 rings (SSSR count). The minimum Gasteiger partial charge on any atom is -0.481 e.